The fourth-order valence-corrected chi connectivity index (χ4v) is 3.35. The lowest BCUT2D eigenvalue weighted by Crippen LogP contribution is -2.46. The molecular weight excluding hydrogens is 347 g/mol. The number of rotatable bonds is 3. The SMILES string of the molecule is O=C(NC1CCN(C(=O)c2ccc3nc[nH]c3c2)CC1)c1ccc(F)cc1. The van der Waals surface area contributed by atoms with Crippen LogP contribution in [0.4, 0.5) is 4.39 Å². The fraction of sp³-hybridized carbons (Fsp3) is 0.250. The van der Waals surface area contributed by atoms with Crippen LogP contribution in [0.2, 0.25) is 0 Å². The van der Waals surface area contributed by atoms with Gasteiger partial charge in [0.15, 0.2) is 0 Å². The molecule has 0 unspecified atom stereocenters. The lowest BCUT2D eigenvalue weighted by molar-refractivity contribution is 0.0698. The van der Waals surface area contributed by atoms with Crippen molar-refractivity contribution in [2.75, 3.05) is 13.1 Å². The van der Waals surface area contributed by atoms with Gasteiger partial charge < -0.3 is 15.2 Å². The van der Waals surface area contributed by atoms with E-state index in [-0.39, 0.29) is 23.7 Å². The van der Waals surface area contributed by atoms with Gasteiger partial charge in [0.2, 0.25) is 0 Å². The van der Waals surface area contributed by atoms with E-state index in [1.54, 1.807) is 17.3 Å². The summed E-state index contributed by atoms with van der Waals surface area (Å²) < 4.78 is 13.0. The molecule has 4 rings (SSSR count). The van der Waals surface area contributed by atoms with Crippen molar-refractivity contribution in [2.24, 2.45) is 0 Å². The molecule has 1 fully saturated rings. The van der Waals surface area contributed by atoms with E-state index in [0.717, 1.165) is 11.0 Å². The van der Waals surface area contributed by atoms with Gasteiger partial charge in [-0.25, -0.2) is 9.37 Å². The standard InChI is InChI=1S/C20H19FN4O2/c21-15-4-1-13(2-5-15)19(26)24-16-7-9-25(10-8-16)20(27)14-3-6-17-18(11-14)23-12-22-17/h1-6,11-12,16H,7-10H2,(H,22,23)(H,24,26). The number of carbonyl (C=O) groups excluding carboxylic acids is 2. The lowest BCUT2D eigenvalue weighted by Gasteiger charge is -2.32. The molecule has 0 aliphatic carbocycles. The zero-order valence-electron chi connectivity index (χ0n) is 14.6. The molecule has 0 atom stereocenters. The number of imidazole rings is 1. The molecule has 0 radical (unpaired) electrons. The first-order valence-electron chi connectivity index (χ1n) is 8.89. The van der Waals surface area contributed by atoms with E-state index in [2.05, 4.69) is 15.3 Å². The number of H-pyrrole nitrogens is 1. The van der Waals surface area contributed by atoms with Crippen molar-refractivity contribution in [3.8, 4) is 0 Å². The third kappa shape index (κ3) is 3.67. The van der Waals surface area contributed by atoms with Crippen molar-refractivity contribution in [1.29, 1.82) is 0 Å². The number of aromatic amines is 1. The summed E-state index contributed by atoms with van der Waals surface area (Å²) in [6, 6.07) is 10.9. The smallest absolute Gasteiger partial charge is 0.253 e. The summed E-state index contributed by atoms with van der Waals surface area (Å²) in [7, 11) is 0. The Kier molecular flexibility index (Phi) is 4.58. The van der Waals surface area contributed by atoms with Crippen LogP contribution < -0.4 is 5.32 Å². The Bertz CT molecular complexity index is 975. The zero-order valence-corrected chi connectivity index (χ0v) is 14.6. The third-order valence-corrected chi connectivity index (χ3v) is 4.89. The van der Waals surface area contributed by atoms with Crippen molar-refractivity contribution in [3.63, 3.8) is 0 Å². The number of fused-ring (bicyclic) bond motifs is 1. The van der Waals surface area contributed by atoms with Gasteiger partial charge >= 0.3 is 0 Å². The van der Waals surface area contributed by atoms with E-state index >= 15 is 0 Å². The molecule has 2 heterocycles. The normalized spacial score (nSPS) is 15.1. The van der Waals surface area contributed by atoms with E-state index in [9.17, 15) is 14.0 Å². The maximum Gasteiger partial charge on any atom is 0.253 e. The largest absolute Gasteiger partial charge is 0.349 e. The summed E-state index contributed by atoms with van der Waals surface area (Å²) in [6.07, 6.45) is 2.98. The van der Waals surface area contributed by atoms with Crippen LogP contribution in [-0.4, -0.2) is 45.8 Å². The highest BCUT2D eigenvalue weighted by molar-refractivity contribution is 5.97. The Morgan fingerprint density at radius 3 is 2.52 bits per heavy atom. The van der Waals surface area contributed by atoms with Crippen LogP contribution in [0, 0.1) is 5.82 Å². The van der Waals surface area contributed by atoms with Crippen LogP contribution in [0.25, 0.3) is 11.0 Å². The lowest BCUT2D eigenvalue weighted by atomic mass is 10.0. The van der Waals surface area contributed by atoms with E-state index in [0.29, 0.717) is 37.1 Å². The average Bonchev–Trinajstić information content (AvgIpc) is 3.16. The molecule has 1 aliphatic heterocycles. The van der Waals surface area contributed by atoms with Crippen LogP contribution in [0.5, 0.6) is 0 Å². The Morgan fingerprint density at radius 2 is 1.78 bits per heavy atom. The molecule has 1 saturated heterocycles. The average molecular weight is 366 g/mol. The number of aromatic nitrogens is 2. The Balaban J connectivity index is 1.34. The van der Waals surface area contributed by atoms with Crippen LogP contribution in [0.15, 0.2) is 48.8 Å². The van der Waals surface area contributed by atoms with E-state index in [1.807, 2.05) is 12.1 Å². The summed E-state index contributed by atoms with van der Waals surface area (Å²) in [4.78, 5) is 33.9. The number of nitrogens with one attached hydrogen (secondary N) is 2. The molecule has 0 saturated carbocycles. The molecule has 2 aromatic carbocycles. The van der Waals surface area contributed by atoms with Gasteiger partial charge in [-0.1, -0.05) is 0 Å². The van der Waals surface area contributed by atoms with Gasteiger partial charge in [-0.3, -0.25) is 9.59 Å². The van der Waals surface area contributed by atoms with Gasteiger partial charge in [0, 0.05) is 30.3 Å². The molecule has 1 aromatic heterocycles. The monoisotopic (exact) mass is 366 g/mol. The first-order valence-corrected chi connectivity index (χ1v) is 8.89. The minimum absolute atomic E-state index is 0.00157. The Labute approximate surface area is 155 Å². The minimum atomic E-state index is -0.369. The summed E-state index contributed by atoms with van der Waals surface area (Å²) >= 11 is 0. The van der Waals surface area contributed by atoms with Gasteiger partial charge in [-0.2, -0.15) is 0 Å². The highest BCUT2D eigenvalue weighted by Gasteiger charge is 2.25. The molecule has 27 heavy (non-hydrogen) atoms. The third-order valence-electron chi connectivity index (χ3n) is 4.89. The number of amides is 2. The molecule has 0 spiro atoms. The topological polar surface area (TPSA) is 78.1 Å². The van der Waals surface area contributed by atoms with Gasteiger partial charge in [0.25, 0.3) is 11.8 Å². The number of hydrogen-bond acceptors (Lipinski definition) is 3. The number of piperidine rings is 1. The second kappa shape index (κ2) is 7.19. The number of nitrogens with zero attached hydrogens (tertiary/aromatic N) is 2. The summed E-state index contributed by atoms with van der Waals surface area (Å²) in [5.74, 6) is -0.606. The number of halogens is 1. The predicted molar refractivity (Wildman–Crippen MR) is 98.9 cm³/mol. The zero-order chi connectivity index (χ0) is 18.8. The number of likely N-dealkylation sites (tertiary alicyclic amines) is 1. The molecular formula is C20H19FN4O2. The van der Waals surface area contributed by atoms with E-state index < -0.39 is 0 Å². The van der Waals surface area contributed by atoms with Gasteiger partial charge in [-0.05, 0) is 55.3 Å². The second-order valence-corrected chi connectivity index (χ2v) is 6.68. The predicted octanol–water partition coefficient (Wildman–Crippen LogP) is 2.74. The molecule has 3 aromatic rings. The summed E-state index contributed by atoms with van der Waals surface area (Å²) in [5.41, 5.74) is 2.72. The quantitative estimate of drug-likeness (QED) is 0.748. The number of benzene rings is 2. The highest BCUT2D eigenvalue weighted by atomic mass is 19.1. The minimum Gasteiger partial charge on any atom is -0.349 e. The van der Waals surface area contributed by atoms with Crippen LogP contribution in [0.3, 0.4) is 0 Å². The van der Waals surface area contributed by atoms with Crippen LogP contribution in [0.1, 0.15) is 33.6 Å². The highest BCUT2D eigenvalue weighted by Crippen LogP contribution is 2.17. The Hall–Kier alpha value is -3.22. The summed E-state index contributed by atoms with van der Waals surface area (Å²) in [5, 5.41) is 2.96. The second-order valence-electron chi connectivity index (χ2n) is 6.68. The van der Waals surface area contributed by atoms with Crippen molar-refractivity contribution in [3.05, 3.63) is 65.7 Å². The van der Waals surface area contributed by atoms with Crippen LogP contribution >= 0.6 is 0 Å². The van der Waals surface area contributed by atoms with Crippen molar-refractivity contribution >= 4 is 22.8 Å². The number of carbonyl (C=O) groups is 2. The van der Waals surface area contributed by atoms with Crippen molar-refractivity contribution in [1.82, 2.24) is 20.2 Å². The van der Waals surface area contributed by atoms with E-state index in [1.165, 1.54) is 24.3 Å². The first-order chi connectivity index (χ1) is 13.1. The maximum atomic E-state index is 13.0. The molecule has 2 amide bonds. The Morgan fingerprint density at radius 1 is 1.07 bits per heavy atom. The van der Waals surface area contributed by atoms with Gasteiger partial charge in [0.1, 0.15) is 5.82 Å². The van der Waals surface area contributed by atoms with Crippen molar-refractivity contribution in [2.45, 2.75) is 18.9 Å². The molecule has 0 bridgehead atoms. The fourth-order valence-electron chi connectivity index (χ4n) is 3.35. The first kappa shape index (κ1) is 17.2. The summed E-state index contributed by atoms with van der Waals surface area (Å²) in [6.45, 7) is 1.16. The molecule has 138 valence electrons. The van der Waals surface area contributed by atoms with E-state index in [4.69, 9.17) is 0 Å². The molecule has 7 heteroatoms. The van der Waals surface area contributed by atoms with Crippen LogP contribution in [-0.2, 0) is 0 Å². The van der Waals surface area contributed by atoms with Gasteiger partial charge in [0.05, 0.1) is 17.4 Å². The van der Waals surface area contributed by atoms with Gasteiger partial charge in [-0.15, -0.1) is 0 Å². The molecule has 6 nitrogen and oxygen atoms in total. The molecule has 2 N–H and O–H groups in total. The number of hydrogen-bond donors (Lipinski definition) is 2. The maximum absolute atomic E-state index is 13.0. The molecule has 1 aliphatic rings. The van der Waals surface area contributed by atoms with Crippen molar-refractivity contribution < 1.29 is 14.0 Å².